The van der Waals surface area contributed by atoms with E-state index in [1.807, 2.05) is 0 Å². The third-order valence-electron chi connectivity index (χ3n) is 3.81. The predicted octanol–water partition coefficient (Wildman–Crippen LogP) is 3.68. The average molecular weight is 263 g/mol. The van der Waals surface area contributed by atoms with Gasteiger partial charge in [-0.05, 0) is 37.1 Å². The standard InChI is InChI=1S/C18H19N2/c1-14-8-4-6-10-17(14)19-12-13-20(16(19)3)18-11-7-5-9-15(18)2/h4-13H,1-3H3/q+1. The van der Waals surface area contributed by atoms with E-state index in [1.165, 1.54) is 28.3 Å². The molecular formula is C18H19N2+. The second kappa shape index (κ2) is 4.97. The molecule has 0 unspecified atom stereocenters. The topological polar surface area (TPSA) is 8.81 Å². The summed E-state index contributed by atoms with van der Waals surface area (Å²) in [7, 11) is 0. The molecule has 0 fully saturated rings. The minimum Gasteiger partial charge on any atom is -0.199 e. The lowest BCUT2D eigenvalue weighted by atomic mass is 10.2. The van der Waals surface area contributed by atoms with Crippen molar-refractivity contribution >= 4 is 0 Å². The normalized spacial score (nSPS) is 10.8. The number of rotatable bonds is 2. The summed E-state index contributed by atoms with van der Waals surface area (Å²) in [6.45, 7) is 6.44. The van der Waals surface area contributed by atoms with E-state index in [0.717, 1.165) is 0 Å². The van der Waals surface area contributed by atoms with Gasteiger partial charge in [-0.3, -0.25) is 0 Å². The van der Waals surface area contributed by atoms with Crippen molar-refractivity contribution in [1.82, 2.24) is 4.57 Å². The zero-order chi connectivity index (χ0) is 14.1. The Hall–Kier alpha value is -2.35. The van der Waals surface area contributed by atoms with E-state index < -0.39 is 0 Å². The molecule has 0 saturated heterocycles. The summed E-state index contributed by atoms with van der Waals surface area (Å²) >= 11 is 0. The summed E-state index contributed by atoms with van der Waals surface area (Å²) in [6, 6.07) is 16.9. The molecule has 0 saturated carbocycles. The van der Waals surface area contributed by atoms with Gasteiger partial charge in [-0.2, -0.15) is 9.13 Å². The highest BCUT2D eigenvalue weighted by molar-refractivity contribution is 5.41. The number of benzene rings is 2. The van der Waals surface area contributed by atoms with Gasteiger partial charge in [0.15, 0.2) is 0 Å². The van der Waals surface area contributed by atoms with Crippen LogP contribution in [0.5, 0.6) is 0 Å². The molecule has 2 heteroatoms. The Balaban J connectivity index is 2.15. The maximum atomic E-state index is 2.24. The van der Waals surface area contributed by atoms with Gasteiger partial charge in [0.1, 0.15) is 23.8 Å². The number of para-hydroxylation sites is 2. The van der Waals surface area contributed by atoms with E-state index in [1.54, 1.807) is 0 Å². The average Bonchev–Trinajstić information content (AvgIpc) is 2.82. The van der Waals surface area contributed by atoms with Crippen LogP contribution in [0.3, 0.4) is 0 Å². The zero-order valence-electron chi connectivity index (χ0n) is 12.2. The number of hydrogen-bond acceptors (Lipinski definition) is 0. The van der Waals surface area contributed by atoms with E-state index in [0.29, 0.717) is 0 Å². The third kappa shape index (κ3) is 2.03. The predicted molar refractivity (Wildman–Crippen MR) is 81.5 cm³/mol. The molecule has 2 nitrogen and oxygen atoms in total. The fourth-order valence-electron chi connectivity index (χ4n) is 2.64. The van der Waals surface area contributed by atoms with Crippen molar-refractivity contribution in [3.63, 3.8) is 0 Å². The molecule has 0 radical (unpaired) electrons. The number of imidazole rings is 1. The second-order valence-electron chi connectivity index (χ2n) is 5.16. The first-order valence-electron chi connectivity index (χ1n) is 6.90. The van der Waals surface area contributed by atoms with Crippen LogP contribution in [0.4, 0.5) is 0 Å². The molecule has 20 heavy (non-hydrogen) atoms. The maximum Gasteiger partial charge on any atom is 0.263 e. The maximum absolute atomic E-state index is 2.24. The van der Waals surface area contributed by atoms with Crippen LogP contribution >= 0.6 is 0 Å². The molecule has 1 aromatic heterocycles. The fourth-order valence-corrected chi connectivity index (χ4v) is 2.64. The van der Waals surface area contributed by atoms with Crippen molar-refractivity contribution in [2.45, 2.75) is 20.8 Å². The molecule has 0 aliphatic rings. The van der Waals surface area contributed by atoms with Crippen molar-refractivity contribution in [2.75, 3.05) is 0 Å². The van der Waals surface area contributed by atoms with Crippen LogP contribution in [-0.4, -0.2) is 4.57 Å². The molecule has 2 aromatic carbocycles. The lowest BCUT2D eigenvalue weighted by molar-refractivity contribution is -0.602. The fraction of sp³-hybridized carbons (Fsp3) is 0.167. The molecule has 0 aliphatic carbocycles. The van der Waals surface area contributed by atoms with Crippen molar-refractivity contribution < 1.29 is 4.57 Å². The van der Waals surface area contributed by atoms with Crippen molar-refractivity contribution in [2.24, 2.45) is 0 Å². The van der Waals surface area contributed by atoms with Gasteiger partial charge < -0.3 is 0 Å². The molecule has 100 valence electrons. The molecule has 0 N–H and O–H groups in total. The SMILES string of the molecule is Cc1ccccc1-n1cc[n+](-c2ccccc2C)c1C. The molecule has 0 aliphatic heterocycles. The number of nitrogens with zero attached hydrogens (tertiary/aromatic N) is 2. The van der Waals surface area contributed by atoms with E-state index in [2.05, 4.69) is 90.8 Å². The van der Waals surface area contributed by atoms with Gasteiger partial charge in [0.25, 0.3) is 5.82 Å². The van der Waals surface area contributed by atoms with Crippen LogP contribution in [-0.2, 0) is 0 Å². The lowest BCUT2D eigenvalue weighted by Gasteiger charge is -2.05. The molecule has 0 amide bonds. The van der Waals surface area contributed by atoms with E-state index in [9.17, 15) is 0 Å². The lowest BCUT2D eigenvalue weighted by Crippen LogP contribution is -2.33. The Bertz CT molecular complexity index is 691. The highest BCUT2D eigenvalue weighted by Gasteiger charge is 2.17. The summed E-state index contributed by atoms with van der Waals surface area (Å²) in [5, 5.41) is 0. The Morgan fingerprint density at radius 1 is 0.800 bits per heavy atom. The smallest absolute Gasteiger partial charge is 0.199 e. The van der Waals surface area contributed by atoms with Gasteiger partial charge >= 0.3 is 0 Å². The first-order valence-corrected chi connectivity index (χ1v) is 6.90. The number of aryl methyl sites for hydroxylation is 2. The van der Waals surface area contributed by atoms with Crippen LogP contribution in [0.1, 0.15) is 17.0 Å². The number of hydrogen-bond donors (Lipinski definition) is 0. The quantitative estimate of drug-likeness (QED) is 0.624. The van der Waals surface area contributed by atoms with Crippen molar-refractivity contribution in [3.05, 3.63) is 77.9 Å². The minimum absolute atomic E-state index is 1.20. The summed E-state index contributed by atoms with van der Waals surface area (Å²) in [5.41, 5.74) is 5.03. The highest BCUT2D eigenvalue weighted by Crippen LogP contribution is 2.16. The Labute approximate surface area is 119 Å². The largest absolute Gasteiger partial charge is 0.263 e. The molecule has 3 rings (SSSR count). The number of aromatic nitrogens is 2. The molecular weight excluding hydrogens is 244 g/mol. The first-order chi connectivity index (χ1) is 9.68. The van der Waals surface area contributed by atoms with Gasteiger partial charge in [0.05, 0.1) is 0 Å². The van der Waals surface area contributed by atoms with Gasteiger partial charge in [0.2, 0.25) is 0 Å². The first kappa shape index (κ1) is 12.7. The monoisotopic (exact) mass is 263 g/mol. The molecule has 0 atom stereocenters. The minimum atomic E-state index is 1.20. The van der Waals surface area contributed by atoms with Crippen LogP contribution in [0, 0.1) is 20.8 Å². The molecule has 1 heterocycles. The second-order valence-corrected chi connectivity index (χ2v) is 5.16. The summed E-state index contributed by atoms with van der Waals surface area (Å²) in [4.78, 5) is 0. The van der Waals surface area contributed by atoms with Crippen LogP contribution in [0.15, 0.2) is 60.9 Å². The van der Waals surface area contributed by atoms with Crippen LogP contribution in [0.25, 0.3) is 11.4 Å². The summed E-state index contributed by atoms with van der Waals surface area (Å²) < 4.78 is 4.48. The van der Waals surface area contributed by atoms with Crippen LogP contribution < -0.4 is 4.57 Å². The van der Waals surface area contributed by atoms with Gasteiger partial charge in [0, 0.05) is 6.92 Å². The van der Waals surface area contributed by atoms with Crippen molar-refractivity contribution in [1.29, 1.82) is 0 Å². The van der Waals surface area contributed by atoms with Gasteiger partial charge in [-0.25, -0.2) is 0 Å². The van der Waals surface area contributed by atoms with Gasteiger partial charge in [-0.1, -0.05) is 36.4 Å². The molecule has 3 aromatic rings. The highest BCUT2D eigenvalue weighted by atomic mass is 15.2. The molecule has 0 spiro atoms. The van der Waals surface area contributed by atoms with Crippen LogP contribution in [0.2, 0.25) is 0 Å². The van der Waals surface area contributed by atoms with E-state index >= 15 is 0 Å². The zero-order valence-corrected chi connectivity index (χ0v) is 12.2. The Kier molecular flexibility index (Phi) is 3.15. The Morgan fingerprint density at radius 3 is 2.15 bits per heavy atom. The Morgan fingerprint density at radius 2 is 1.45 bits per heavy atom. The van der Waals surface area contributed by atoms with Gasteiger partial charge in [-0.15, -0.1) is 0 Å². The molecule has 0 bridgehead atoms. The van der Waals surface area contributed by atoms with E-state index in [-0.39, 0.29) is 0 Å². The summed E-state index contributed by atoms with van der Waals surface area (Å²) in [5.74, 6) is 1.20. The van der Waals surface area contributed by atoms with Crippen molar-refractivity contribution in [3.8, 4) is 11.4 Å². The third-order valence-corrected chi connectivity index (χ3v) is 3.81. The summed E-state index contributed by atoms with van der Waals surface area (Å²) in [6.07, 6.45) is 4.26. The van der Waals surface area contributed by atoms with E-state index in [4.69, 9.17) is 0 Å².